The van der Waals surface area contributed by atoms with Crippen LogP contribution in [0.25, 0.3) is 0 Å². The predicted molar refractivity (Wildman–Crippen MR) is 194 cm³/mol. The van der Waals surface area contributed by atoms with Gasteiger partial charge in [0.1, 0.15) is 24.4 Å². The number of rotatable bonds is 16. The maximum atomic E-state index is 7.00. The van der Waals surface area contributed by atoms with Gasteiger partial charge in [-0.2, -0.15) is 0 Å². The predicted octanol–water partition coefficient (Wildman–Crippen LogP) is 7.30. The third kappa shape index (κ3) is 8.96. The fourth-order valence-electron chi connectivity index (χ4n) is 7.83. The Kier molecular flexibility index (Phi) is 11.9. The summed E-state index contributed by atoms with van der Waals surface area (Å²) in [5.74, 6) is -0.695. The first kappa shape index (κ1) is 35.9. The molecule has 0 unspecified atom stereocenters. The van der Waals surface area contributed by atoms with Crippen LogP contribution in [0.3, 0.4) is 0 Å². The molecule has 3 fully saturated rings. The van der Waals surface area contributed by atoms with Crippen molar-refractivity contribution in [3.05, 3.63) is 144 Å². The van der Waals surface area contributed by atoms with Gasteiger partial charge in [0.2, 0.25) is 0 Å². The maximum Gasteiger partial charge on any atom is 0.186 e. The van der Waals surface area contributed by atoms with Crippen LogP contribution in [-0.4, -0.2) is 73.3 Å². The van der Waals surface area contributed by atoms with E-state index in [0.29, 0.717) is 26.4 Å². The fourth-order valence-corrected chi connectivity index (χ4v) is 7.83. The molecule has 0 bridgehead atoms. The third-order valence-corrected chi connectivity index (χ3v) is 10.2. The summed E-state index contributed by atoms with van der Waals surface area (Å²) in [6.07, 6.45) is -0.115. The molecule has 51 heavy (non-hydrogen) atoms. The zero-order valence-electron chi connectivity index (χ0n) is 29.9. The van der Waals surface area contributed by atoms with Gasteiger partial charge >= 0.3 is 0 Å². The quantitative estimate of drug-likeness (QED) is 0.121. The Morgan fingerprint density at radius 1 is 0.588 bits per heavy atom. The van der Waals surface area contributed by atoms with Crippen molar-refractivity contribution < 1.29 is 33.2 Å². The minimum Gasteiger partial charge on any atom is -0.375 e. The number of likely N-dealkylation sites (tertiary alicyclic amines) is 1. The van der Waals surface area contributed by atoms with Crippen LogP contribution in [-0.2, 0) is 59.5 Å². The summed E-state index contributed by atoms with van der Waals surface area (Å²) in [5.41, 5.74) is 4.62. The Morgan fingerprint density at radius 3 is 1.63 bits per heavy atom. The van der Waals surface area contributed by atoms with Gasteiger partial charge in [0.25, 0.3) is 0 Å². The van der Waals surface area contributed by atoms with Crippen molar-refractivity contribution in [2.24, 2.45) is 0 Å². The normalized spacial score (nSPS) is 28.6. The van der Waals surface area contributed by atoms with Crippen LogP contribution in [0.1, 0.15) is 48.9 Å². The first-order valence-corrected chi connectivity index (χ1v) is 18.2. The average molecular weight is 694 g/mol. The molecule has 0 amide bonds. The van der Waals surface area contributed by atoms with Crippen molar-refractivity contribution in [2.75, 3.05) is 13.7 Å². The molecule has 0 aromatic heterocycles. The number of hydrogen-bond donors (Lipinski definition) is 0. The molecule has 4 aromatic rings. The number of nitrogens with zero attached hydrogens (tertiary/aromatic N) is 1. The van der Waals surface area contributed by atoms with E-state index in [9.17, 15) is 0 Å². The summed E-state index contributed by atoms with van der Waals surface area (Å²) in [6.45, 7) is 6.60. The molecule has 0 radical (unpaired) electrons. The third-order valence-electron chi connectivity index (χ3n) is 10.2. The second kappa shape index (κ2) is 16.9. The Labute approximate surface area is 302 Å². The van der Waals surface area contributed by atoms with Gasteiger partial charge in [0.05, 0.1) is 38.6 Å². The van der Waals surface area contributed by atoms with Crippen LogP contribution in [0.2, 0.25) is 0 Å². The summed E-state index contributed by atoms with van der Waals surface area (Å²) in [7, 11) is 1.67. The highest BCUT2D eigenvalue weighted by molar-refractivity contribution is 5.19. The Morgan fingerprint density at radius 2 is 1.08 bits per heavy atom. The number of methoxy groups -OCH3 is 1. The van der Waals surface area contributed by atoms with Crippen LogP contribution in [0.5, 0.6) is 0 Å². The van der Waals surface area contributed by atoms with Gasteiger partial charge in [0, 0.05) is 19.7 Å². The smallest absolute Gasteiger partial charge is 0.186 e. The first-order valence-electron chi connectivity index (χ1n) is 18.2. The lowest BCUT2D eigenvalue weighted by Gasteiger charge is -2.32. The van der Waals surface area contributed by atoms with E-state index in [1.54, 1.807) is 7.11 Å². The van der Waals surface area contributed by atoms with Crippen molar-refractivity contribution in [2.45, 2.75) is 108 Å². The van der Waals surface area contributed by atoms with Crippen molar-refractivity contribution in [1.29, 1.82) is 0 Å². The van der Waals surface area contributed by atoms with Gasteiger partial charge in [0.15, 0.2) is 12.1 Å². The van der Waals surface area contributed by atoms with Crippen molar-refractivity contribution >= 4 is 0 Å². The molecule has 3 saturated heterocycles. The Hall–Kier alpha value is -3.44. The van der Waals surface area contributed by atoms with E-state index in [4.69, 9.17) is 33.2 Å². The van der Waals surface area contributed by atoms with Crippen LogP contribution in [0.4, 0.5) is 0 Å². The lowest BCUT2D eigenvalue weighted by molar-refractivity contribution is -0.228. The lowest BCUT2D eigenvalue weighted by Crippen LogP contribution is -2.42. The maximum absolute atomic E-state index is 7.00. The van der Waals surface area contributed by atoms with Gasteiger partial charge < -0.3 is 33.2 Å². The van der Waals surface area contributed by atoms with Gasteiger partial charge in [-0.25, -0.2) is 0 Å². The van der Waals surface area contributed by atoms with Gasteiger partial charge in [-0.15, -0.1) is 0 Å². The van der Waals surface area contributed by atoms with E-state index in [-0.39, 0.29) is 42.6 Å². The summed E-state index contributed by atoms with van der Waals surface area (Å²) in [6, 6.07) is 41.7. The molecule has 3 heterocycles. The molecule has 8 nitrogen and oxygen atoms in total. The van der Waals surface area contributed by atoms with Gasteiger partial charge in [-0.1, -0.05) is 121 Å². The molecular weight excluding hydrogens is 642 g/mol. The molecule has 0 saturated carbocycles. The van der Waals surface area contributed by atoms with E-state index in [1.165, 1.54) is 5.56 Å². The summed E-state index contributed by atoms with van der Waals surface area (Å²) in [4.78, 5) is 2.56. The molecule has 8 heteroatoms. The van der Waals surface area contributed by atoms with Crippen LogP contribution in [0.15, 0.2) is 121 Å². The number of ether oxygens (including phenoxy) is 7. The largest absolute Gasteiger partial charge is 0.375 e. The number of benzene rings is 4. The second-order valence-corrected chi connectivity index (χ2v) is 14.2. The topological polar surface area (TPSA) is 67.9 Å². The zero-order chi connectivity index (χ0) is 35.0. The summed E-state index contributed by atoms with van der Waals surface area (Å²) >= 11 is 0. The van der Waals surface area contributed by atoms with E-state index in [2.05, 4.69) is 108 Å². The van der Waals surface area contributed by atoms with Crippen molar-refractivity contribution in [3.8, 4) is 0 Å². The van der Waals surface area contributed by atoms with Gasteiger partial charge in [-0.3, -0.25) is 4.90 Å². The second-order valence-electron chi connectivity index (χ2n) is 14.2. The first-order chi connectivity index (χ1) is 25.0. The molecule has 7 rings (SSSR count). The fraction of sp³-hybridized carbons (Fsp3) is 0.442. The lowest BCUT2D eigenvalue weighted by atomic mass is 9.98. The van der Waals surface area contributed by atoms with E-state index in [0.717, 1.165) is 36.1 Å². The van der Waals surface area contributed by atoms with E-state index >= 15 is 0 Å². The number of fused-ring (bicyclic) bond motifs is 1. The highest BCUT2D eigenvalue weighted by Crippen LogP contribution is 2.42. The van der Waals surface area contributed by atoms with E-state index < -0.39 is 12.1 Å². The molecule has 0 aliphatic carbocycles. The minimum absolute atomic E-state index is 0.000932. The average Bonchev–Trinajstić information content (AvgIpc) is 3.75. The molecule has 0 spiro atoms. The molecular formula is C43H51NO7. The van der Waals surface area contributed by atoms with Crippen LogP contribution in [0, 0.1) is 0 Å². The standard InChI is InChI=1S/C43H51NO7/c1-43(2)50-40-37(49-42(45-3)41(40)51-43)25-24-35-38(47-28-33-20-12-6-13-21-33)39(48-29-34-22-14-7-15-23-34)36(30-46-27-32-18-10-5-11-19-32)44(35)26-31-16-8-4-9-17-31/h4-23,35-42H,24-30H2,1-3H3/t35-,36+,37+,38-,39-,40-,41-,42-/m1/s1. The molecule has 0 N–H and O–H groups in total. The minimum atomic E-state index is -0.695. The van der Waals surface area contributed by atoms with E-state index in [1.807, 2.05) is 32.0 Å². The monoisotopic (exact) mass is 693 g/mol. The zero-order valence-corrected chi connectivity index (χ0v) is 29.9. The van der Waals surface area contributed by atoms with Crippen LogP contribution < -0.4 is 0 Å². The van der Waals surface area contributed by atoms with Crippen molar-refractivity contribution in [3.63, 3.8) is 0 Å². The Bertz CT molecular complexity index is 1610. The highest BCUT2D eigenvalue weighted by atomic mass is 16.8. The summed E-state index contributed by atoms with van der Waals surface area (Å²) in [5, 5.41) is 0. The van der Waals surface area contributed by atoms with Crippen molar-refractivity contribution in [1.82, 2.24) is 4.90 Å². The van der Waals surface area contributed by atoms with Gasteiger partial charge in [-0.05, 0) is 48.9 Å². The SMILES string of the molecule is CO[C@@H]1O[C@@H](CC[C@@H]2[C@@H](OCc3ccccc3)[C@H](OCc3ccccc3)[C@H](COCc3ccccc3)N2Cc2ccccc2)[C@H]2OC(C)(C)O[C@@H]12. The molecule has 4 aromatic carbocycles. The summed E-state index contributed by atoms with van der Waals surface area (Å²) < 4.78 is 45.3. The molecule has 3 aliphatic heterocycles. The number of hydrogen-bond acceptors (Lipinski definition) is 8. The molecule has 8 atom stereocenters. The van der Waals surface area contributed by atoms with Crippen LogP contribution >= 0.6 is 0 Å². The molecule has 3 aliphatic rings. The molecule has 270 valence electrons. The Balaban J connectivity index is 1.20. The highest BCUT2D eigenvalue weighted by Gasteiger charge is 2.56.